The lowest BCUT2D eigenvalue weighted by molar-refractivity contribution is 0.475. The molecule has 0 spiro atoms. The fourth-order valence-electron chi connectivity index (χ4n) is 2.80. The van der Waals surface area contributed by atoms with Crippen LogP contribution in [-0.4, -0.2) is 10.1 Å². The van der Waals surface area contributed by atoms with E-state index in [1.54, 1.807) is 12.1 Å². The first-order valence-corrected chi connectivity index (χ1v) is 7.55. The van der Waals surface area contributed by atoms with E-state index in [9.17, 15) is 5.11 Å². The van der Waals surface area contributed by atoms with Crippen molar-refractivity contribution >= 4 is 33.8 Å². The molecule has 1 heterocycles. The molecule has 110 valence electrons. The van der Waals surface area contributed by atoms with Crippen LogP contribution in [-0.2, 0) is 0 Å². The van der Waals surface area contributed by atoms with E-state index in [0.717, 1.165) is 22.2 Å². The number of hydrogen-bond donors (Lipinski definition) is 1. The summed E-state index contributed by atoms with van der Waals surface area (Å²) in [6, 6.07) is 23.8. The standard InChI is InChI=1S/C21H15NO/c23-18-6-3-4-15(14-18)8-10-17-11-12-20-19-7-2-1-5-16(19)9-13-21(20)22-17/h1-14,23H/b10-8+. The first-order valence-electron chi connectivity index (χ1n) is 7.55. The Morgan fingerprint density at radius 1 is 0.739 bits per heavy atom. The van der Waals surface area contributed by atoms with Gasteiger partial charge in [-0.1, -0.05) is 54.6 Å². The van der Waals surface area contributed by atoms with Crippen molar-refractivity contribution in [3.8, 4) is 5.75 Å². The van der Waals surface area contributed by atoms with Gasteiger partial charge in [0.1, 0.15) is 5.75 Å². The minimum atomic E-state index is 0.269. The summed E-state index contributed by atoms with van der Waals surface area (Å²) < 4.78 is 0. The SMILES string of the molecule is Oc1cccc(/C=C/c2ccc3c(ccc4ccccc43)n2)c1. The van der Waals surface area contributed by atoms with Crippen molar-refractivity contribution in [3.05, 3.63) is 84.1 Å². The van der Waals surface area contributed by atoms with E-state index in [2.05, 4.69) is 36.4 Å². The van der Waals surface area contributed by atoms with Crippen molar-refractivity contribution in [2.45, 2.75) is 0 Å². The molecular weight excluding hydrogens is 282 g/mol. The van der Waals surface area contributed by atoms with Gasteiger partial charge in [-0.3, -0.25) is 0 Å². The van der Waals surface area contributed by atoms with E-state index in [4.69, 9.17) is 4.98 Å². The molecule has 0 amide bonds. The highest BCUT2D eigenvalue weighted by molar-refractivity contribution is 6.06. The van der Waals surface area contributed by atoms with Gasteiger partial charge < -0.3 is 5.11 Å². The number of rotatable bonds is 2. The molecule has 0 aliphatic heterocycles. The lowest BCUT2D eigenvalue weighted by Gasteiger charge is -2.04. The number of benzene rings is 3. The number of phenolic OH excluding ortho intramolecular Hbond substituents is 1. The Morgan fingerprint density at radius 3 is 2.57 bits per heavy atom. The fourth-order valence-corrected chi connectivity index (χ4v) is 2.80. The summed E-state index contributed by atoms with van der Waals surface area (Å²) in [6.07, 6.45) is 3.92. The summed E-state index contributed by atoms with van der Waals surface area (Å²) in [4.78, 5) is 4.71. The van der Waals surface area contributed by atoms with Gasteiger partial charge in [0.25, 0.3) is 0 Å². The third kappa shape index (κ3) is 2.67. The number of aromatic hydroxyl groups is 1. The molecule has 4 aromatic rings. The van der Waals surface area contributed by atoms with Crippen molar-refractivity contribution in [2.24, 2.45) is 0 Å². The number of hydrogen-bond acceptors (Lipinski definition) is 2. The maximum atomic E-state index is 9.50. The molecule has 2 nitrogen and oxygen atoms in total. The lowest BCUT2D eigenvalue weighted by Crippen LogP contribution is -1.84. The quantitative estimate of drug-likeness (QED) is 0.512. The Labute approximate surface area is 134 Å². The van der Waals surface area contributed by atoms with Crippen LogP contribution in [0.25, 0.3) is 33.8 Å². The molecule has 0 aliphatic rings. The second-order valence-corrected chi connectivity index (χ2v) is 5.52. The monoisotopic (exact) mass is 297 g/mol. The van der Waals surface area contributed by atoms with Gasteiger partial charge in [0, 0.05) is 5.39 Å². The van der Waals surface area contributed by atoms with Crippen LogP contribution in [0.4, 0.5) is 0 Å². The first kappa shape index (κ1) is 13.5. The molecule has 1 N–H and O–H groups in total. The van der Waals surface area contributed by atoms with Gasteiger partial charge in [-0.05, 0) is 46.7 Å². The smallest absolute Gasteiger partial charge is 0.116 e. The first-order chi connectivity index (χ1) is 11.3. The molecule has 0 unspecified atom stereocenters. The average molecular weight is 297 g/mol. The number of pyridine rings is 1. The van der Waals surface area contributed by atoms with Crippen LogP contribution in [0.3, 0.4) is 0 Å². The minimum absolute atomic E-state index is 0.269. The molecule has 1 aromatic heterocycles. The average Bonchev–Trinajstić information content (AvgIpc) is 2.59. The van der Waals surface area contributed by atoms with Crippen LogP contribution >= 0.6 is 0 Å². The van der Waals surface area contributed by atoms with E-state index in [1.807, 2.05) is 36.4 Å². The van der Waals surface area contributed by atoms with Crippen LogP contribution in [0, 0.1) is 0 Å². The molecular formula is C21H15NO. The van der Waals surface area contributed by atoms with E-state index in [1.165, 1.54) is 10.8 Å². The fraction of sp³-hybridized carbons (Fsp3) is 0. The van der Waals surface area contributed by atoms with Gasteiger partial charge in [0.05, 0.1) is 11.2 Å². The number of fused-ring (bicyclic) bond motifs is 3. The molecule has 2 heteroatoms. The summed E-state index contributed by atoms with van der Waals surface area (Å²) in [6.45, 7) is 0. The van der Waals surface area contributed by atoms with Crippen LogP contribution in [0.1, 0.15) is 11.3 Å². The largest absolute Gasteiger partial charge is 0.508 e. The Balaban J connectivity index is 1.76. The van der Waals surface area contributed by atoms with Gasteiger partial charge >= 0.3 is 0 Å². The molecule has 0 aliphatic carbocycles. The van der Waals surface area contributed by atoms with Gasteiger partial charge in [0.2, 0.25) is 0 Å². The van der Waals surface area contributed by atoms with Crippen LogP contribution in [0.5, 0.6) is 5.75 Å². The minimum Gasteiger partial charge on any atom is -0.508 e. The Kier molecular flexibility index (Phi) is 3.28. The topological polar surface area (TPSA) is 33.1 Å². The number of aromatic nitrogens is 1. The van der Waals surface area contributed by atoms with E-state index >= 15 is 0 Å². The second kappa shape index (κ2) is 5.58. The predicted octanol–water partition coefficient (Wildman–Crippen LogP) is 5.26. The molecule has 0 atom stereocenters. The zero-order valence-electron chi connectivity index (χ0n) is 12.5. The predicted molar refractivity (Wildman–Crippen MR) is 96.3 cm³/mol. The summed E-state index contributed by atoms with van der Waals surface area (Å²) in [5, 5.41) is 13.1. The molecule has 4 rings (SSSR count). The molecule has 0 saturated carbocycles. The van der Waals surface area contributed by atoms with Gasteiger partial charge in [0.15, 0.2) is 0 Å². The summed E-state index contributed by atoms with van der Waals surface area (Å²) >= 11 is 0. The molecule has 0 bridgehead atoms. The highest BCUT2D eigenvalue weighted by Crippen LogP contribution is 2.24. The zero-order valence-corrected chi connectivity index (χ0v) is 12.5. The summed E-state index contributed by atoms with van der Waals surface area (Å²) in [5.74, 6) is 0.269. The molecule has 0 fully saturated rings. The normalized spacial score (nSPS) is 11.5. The Bertz CT molecular complexity index is 1030. The van der Waals surface area contributed by atoms with Crippen molar-refractivity contribution in [1.29, 1.82) is 0 Å². The van der Waals surface area contributed by atoms with Crippen LogP contribution < -0.4 is 0 Å². The second-order valence-electron chi connectivity index (χ2n) is 5.52. The molecule has 3 aromatic carbocycles. The van der Waals surface area contributed by atoms with Crippen molar-refractivity contribution in [1.82, 2.24) is 4.98 Å². The highest BCUT2D eigenvalue weighted by Gasteiger charge is 2.01. The highest BCUT2D eigenvalue weighted by atomic mass is 16.3. The molecule has 0 radical (unpaired) electrons. The van der Waals surface area contributed by atoms with Crippen LogP contribution in [0.15, 0.2) is 72.8 Å². The summed E-state index contributed by atoms with van der Waals surface area (Å²) in [5.41, 5.74) is 2.84. The van der Waals surface area contributed by atoms with Crippen LogP contribution in [0.2, 0.25) is 0 Å². The Morgan fingerprint density at radius 2 is 1.65 bits per heavy atom. The third-order valence-electron chi connectivity index (χ3n) is 3.93. The van der Waals surface area contributed by atoms with Crippen molar-refractivity contribution < 1.29 is 5.11 Å². The van der Waals surface area contributed by atoms with Gasteiger partial charge in [-0.15, -0.1) is 0 Å². The maximum Gasteiger partial charge on any atom is 0.116 e. The van der Waals surface area contributed by atoms with Crippen molar-refractivity contribution in [2.75, 3.05) is 0 Å². The molecule has 0 saturated heterocycles. The lowest BCUT2D eigenvalue weighted by atomic mass is 10.0. The Hall–Kier alpha value is -3.13. The zero-order chi connectivity index (χ0) is 15.6. The third-order valence-corrected chi connectivity index (χ3v) is 3.93. The van der Waals surface area contributed by atoms with E-state index in [-0.39, 0.29) is 5.75 Å². The van der Waals surface area contributed by atoms with E-state index in [0.29, 0.717) is 0 Å². The van der Waals surface area contributed by atoms with Gasteiger partial charge in [-0.25, -0.2) is 4.98 Å². The van der Waals surface area contributed by atoms with Crippen molar-refractivity contribution in [3.63, 3.8) is 0 Å². The number of nitrogens with zero attached hydrogens (tertiary/aromatic N) is 1. The number of phenols is 1. The molecule has 23 heavy (non-hydrogen) atoms. The van der Waals surface area contributed by atoms with Gasteiger partial charge in [-0.2, -0.15) is 0 Å². The van der Waals surface area contributed by atoms with E-state index < -0.39 is 0 Å². The summed E-state index contributed by atoms with van der Waals surface area (Å²) in [7, 11) is 0. The maximum absolute atomic E-state index is 9.50.